The van der Waals surface area contributed by atoms with Gasteiger partial charge in [0.15, 0.2) is 9.76 Å². The molecule has 0 aliphatic heterocycles. The molecule has 1 unspecified atom stereocenters. The fourth-order valence-electron chi connectivity index (χ4n) is 1.76. The van der Waals surface area contributed by atoms with Gasteiger partial charge < -0.3 is 9.16 Å². The van der Waals surface area contributed by atoms with Crippen molar-refractivity contribution >= 4 is 15.7 Å². The van der Waals surface area contributed by atoms with E-state index >= 15 is 0 Å². The molecular weight excluding hydrogens is 256 g/mol. The van der Waals surface area contributed by atoms with Gasteiger partial charge in [-0.1, -0.05) is 39.2 Å². The van der Waals surface area contributed by atoms with E-state index in [0.29, 0.717) is 23.8 Å². The average Bonchev–Trinajstić information content (AvgIpc) is 2.34. The van der Waals surface area contributed by atoms with Crippen molar-refractivity contribution in [3.8, 4) is 0 Å². The Bertz CT molecular complexity index is 264. The molecule has 1 atom stereocenters. The van der Waals surface area contributed by atoms with Crippen molar-refractivity contribution in [1.82, 2.24) is 0 Å². The highest BCUT2D eigenvalue weighted by atomic mass is 28.2. The summed E-state index contributed by atoms with van der Waals surface area (Å²) in [6.45, 7) is 12.1. The lowest BCUT2D eigenvalue weighted by molar-refractivity contribution is -0.139. The van der Waals surface area contributed by atoms with Crippen molar-refractivity contribution in [2.45, 2.75) is 71.4 Å². The Morgan fingerprint density at radius 1 is 1.26 bits per heavy atom. The number of hydrogen-bond donors (Lipinski definition) is 0. The lowest BCUT2D eigenvalue weighted by atomic mass is 10.1. The predicted octanol–water partition coefficient (Wildman–Crippen LogP) is 3.37. The zero-order valence-electron chi connectivity index (χ0n) is 13.0. The van der Waals surface area contributed by atoms with Crippen LogP contribution in [0.2, 0.25) is 5.54 Å². The number of rotatable bonds is 11. The van der Waals surface area contributed by atoms with E-state index in [1.807, 2.05) is 0 Å². The van der Waals surface area contributed by atoms with Crippen molar-refractivity contribution in [3.05, 3.63) is 12.2 Å². The minimum atomic E-state index is -0.528. The van der Waals surface area contributed by atoms with Crippen molar-refractivity contribution in [3.63, 3.8) is 0 Å². The third kappa shape index (κ3) is 11.0. The molecule has 0 saturated carbocycles. The lowest BCUT2D eigenvalue weighted by Crippen LogP contribution is -2.16. The first-order chi connectivity index (χ1) is 8.97. The average molecular weight is 286 g/mol. The molecule has 0 saturated heterocycles. The van der Waals surface area contributed by atoms with Crippen molar-refractivity contribution in [1.29, 1.82) is 0 Å². The molecule has 112 valence electrons. The van der Waals surface area contributed by atoms with Crippen molar-refractivity contribution < 1.29 is 14.0 Å². The molecule has 3 nitrogen and oxygen atoms in total. The summed E-state index contributed by atoms with van der Waals surface area (Å²) in [5.41, 5.74) is 1.09. The van der Waals surface area contributed by atoms with E-state index in [9.17, 15) is 4.79 Å². The molecule has 19 heavy (non-hydrogen) atoms. The summed E-state index contributed by atoms with van der Waals surface area (Å²) in [6, 6.07) is 0. The second kappa shape index (κ2) is 11.2. The molecule has 0 amide bonds. The zero-order valence-corrected chi connectivity index (χ0v) is 14.5. The third-order valence-corrected chi connectivity index (χ3v) is 5.14. The highest BCUT2D eigenvalue weighted by molar-refractivity contribution is 6.29. The summed E-state index contributed by atoms with van der Waals surface area (Å²) in [5, 5.41) is 0. The van der Waals surface area contributed by atoms with E-state index < -0.39 is 9.76 Å². The number of carbonyl (C=O) groups excluding carboxylic acids is 1. The third-order valence-electron chi connectivity index (χ3n) is 2.99. The molecule has 0 aliphatic rings. The number of hydrogen-bond acceptors (Lipinski definition) is 3. The fourth-order valence-corrected chi connectivity index (χ4v) is 3.21. The lowest BCUT2D eigenvalue weighted by Gasteiger charge is -2.18. The van der Waals surface area contributed by atoms with Gasteiger partial charge in [-0.3, -0.25) is 0 Å². The summed E-state index contributed by atoms with van der Waals surface area (Å²) >= 11 is 0. The molecule has 0 heterocycles. The topological polar surface area (TPSA) is 35.5 Å². The number of unbranched alkanes of at least 4 members (excludes halogenated alkanes) is 2. The van der Waals surface area contributed by atoms with Gasteiger partial charge in [0.25, 0.3) is 0 Å². The molecule has 0 bridgehead atoms. The van der Waals surface area contributed by atoms with Gasteiger partial charge in [0.1, 0.15) is 0 Å². The Hall–Kier alpha value is -0.613. The highest BCUT2D eigenvalue weighted by Gasteiger charge is 2.12. The van der Waals surface area contributed by atoms with Crippen LogP contribution >= 0.6 is 0 Å². The molecule has 4 heteroatoms. The molecular formula is C15H30O3Si. The van der Waals surface area contributed by atoms with E-state index in [-0.39, 0.29) is 5.97 Å². The van der Waals surface area contributed by atoms with Crippen LogP contribution in [0, 0.1) is 0 Å². The van der Waals surface area contributed by atoms with Crippen LogP contribution in [0.15, 0.2) is 12.2 Å². The van der Waals surface area contributed by atoms with E-state index in [0.717, 1.165) is 6.42 Å². The van der Waals surface area contributed by atoms with Crippen LogP contribution in [0.5, 0.6) is 0 Å². The monoisotopic (exact) mass is 286 g/mol. The quantitative estimate of drug-likeness (QED) is 0.253. The van der Waals surface area contributed by atoms with Gasteiger partial charge in [0, 0.05) is 11.7 Å². The molecule has 0 fully saturated rings. The SMILES string of the molecule is C=C(C)C(=O)OCCC(CCCCC)[SiH2]OC(C)C. The summed E-state index contributed by atoms with van der Waals surface area (Å²) in [4.78, 5) is 11.3. The van der Waals surface area contributed by atoms with Crippen molar-refractivity contribution in [2.75, 3.05) is 6.61 Å². The Morgan fingerprint density at radius 2 is 1.95 bits per heavy atom. The molecule has 0 aromatic rings. The summed E-state index contributed by atoms with van der Waals surface area (Å²) in [7, 11) is -0.528. The second-order valence-corrected chi connectivity index (χ2v) is 7.27. The first kappa shape index (κ1) is 18.4. The zero-order chi connectivity index (χ0) is 14.7. The van der Waals surface area contributed by atoms with Crippen LogP contribution < -0.4 is 0 Å². The summed E-state index contributed by atoms with van der Waals surface area (Å²) < 4.78 is 11.0. The van der Waals surface area contributed by atoms with Crippen LogP contribution in [-0.4, -0.2) is 28.4 Å². The van der Waals surface area contributed by atoms with Crippen LogP contribution in [0.4, 0.5) is 0 Å². The van der Waals surface area contributed by atoms with E-state index in [4.69, 9.17) is 9.16 Å². The molecule has 0 spiro atoms. The first-order valence-corrected chi connectivity index (χ1v) is 8.81. The van der Waals surface area contributed by atoms with Gasteiger partial charge in [0.2, 0.25) is 0 Å². The molecule has 0 aromatic carbocycles. The van der Waals surface area contributed by atoms with Crippen LogP contribution in [0.3, 0.4) is 0 Å². The molecule has 0 aliphatic carbocycles. The fraction of sp³-hybridized carbons (Fsp3) is 0.800. The summed E-state index contributed by atoms with van der Waals surface area (Å²) in [6.07, 6.45) is 6.23. The maximum Gasteiger partial charge on any atom is 0.333 e. The largest absolute Gasteiger partial charge is 0.462 e. The normalized spacial score (nSPS) is 13.1. The molecule has 0 aromatic heterocycles. The standard InChI is InChI=1S/C15H30O3Si/c1-6-7-8-9-14(19-18-13(4)5)10-11-17-15(16)12(2)3/h13-14H,2,6-11,19H2,1,3-5H3. The number of carbonyl (C=O) groups is 1. The molecule has 0 N–H and O–H groups in total. The van der Waals surface area contributed by atoms with E-state index in [2.05, 4.69) is 27.4 Å². The smallest absolute Gasteiger partial charge is 0.333 e. The second-order valence-electron chi connectivity index (χ2n) is 5.45. The Kier molecular flexibility index (Phi) is 10.9. The van der Waals surface area contributed by atoms with Gasteiger partial charge in [-0.15, -0.1) is 0 Å². The number of esters is 1. The van der Waals surface area contributed by atoms with Gasteiger partial charge in [-0.25, -0.2) is 4.79 Å². The van der Waals surface area contributed by atoms with Gasteiger partial charge in [-0.2, -0.15) is 0 Å². The van der Waals surface area contributed by atoms with Gasteiger partial charge in [-0.05, 0) is 32.7 Å². The number of ether oxygens (including phenoxy) is 1. The van der Waals surface area contributed by atoms with Crippen molar-refractivity contribution in [2.24, 2.45) is 0 Å². The maximum absolute atomic E-state index is 11.3. The Labute approximate surface area is 120 Å². The minimum Gasteiger partial charge on any atom is -0.462 e. The van der Waals surface area contributed by atoms with Crippen LogP contribution in [-0.2, 0) is 14.0 Å². The van der Waals surface area contributed by atoms with Gasteiger partial charge >= 0.3 is 5.97 Å². The molecule has 0 rings (SSSR count). The summed E-state index contributed by atoms with van der Waals surface area (Å²) in [5.74, 6) is -0.279. The van der Waals surface area contributed by atoms with E-state index in [1.54, 1.807) is 6.92 Å². The highest BCUT2D eigenvalue weighted by Crippen LogP contribution is 2.20. The minimum absolute atomic E-state index is 0.279. The Morgan fingerprint density at radius 3 is 2.47 bits per heavy atom. The Balaban J connectivity index is 3.95. The van der Waals surface area contributed by atoms with Crippen LogP contribution in [0.1, 0.15) is 59.8 Å². The predicted molar refractivity (Wildman–Crippen MR) is 83.0 cm³/mol. The molecule has 0 radical (unpaired) electrons. The van der Waals surface area contributed by atoms with Gasteiger partial charge in [0.05, 0.1) is 6.61 Å². The maximum atomic E-state index is 11.3. The first-order valence-electron chi connectivity index (χ1n) is 7.41. The van der Waals surface area contributed by atoms with E-state index in [1.165, 1.54) is 25.7 Å². The van der Waals surface area contributed by atoms with Crippen LogP contribution in [0.25, 0.3) is 0 Å².